The van der Waals surface area contributed by atoms with Gasteiger partial charge in [-0.05, 0) is 47.4 Å². The molecule has 0 amide bonds. The fourth-order valence-electron chi connectivity index (χ4n) is 2.76. The summed E-state index contributed by atoms with van der Waals surface area (Å²) >= 11 is 0. The lowest BCUT2D eigenvalue weighted by Gasteiger charge is -2.12. The summed E-state index contributed by atoms with van der Waals surface area (Å²) in [6.07, 6.45) is 1.06. The van der Waals surface area contributed by atoms with Gasteiger partial charge in [0, 0.05) is 17.0 Å². The van der Waals surface area contributed by atoms with Crippen LogP contribution in [0.5, 0.6) is 0 Å². The zero-order valence-corrected chi connectivity index (χ0v) is 14.3. The third-order valence-corrected chi connectivity index (χ3v) is 4.42. The van der Waals surface area contributed by atoms with Gasteiger partial charge in [-0.1, -0.05) is 80.3 Å². The molecule has 24 heavy (non-hydrogen) atoms. The molecule has 0 radical (unpaired) electrons. The fraction of sp³-hybridized carbons (Fsp3) is 0.167. The van der Waals surface area contributed by atoms with Gasteiger partial charge in [0.2, 0.25) is 0 Å². The van der Waals surface area contributed by atoms with Crippen molar-refractivity contribution in [1.29, 1.82) is 0 Å². The monoisotopic (exact) mass is 310 g/mol. The van der Waals surface area contributed by atoms with Gasteiger partial charge >= 0.3 is 0 Å². The van der Waals surface area contributed by atoms with Crippen LogP contribution in [0.2, 0.25) is 0 Å². The first-order chi connectivity index (χ1) is 11.8. The third kappa shape index (κ3) is 3.94. The van der Waals surface area contributed by atoms with E-state index in [0.29, 0.717) is 5.92 Å². The van der Waals surface area contributed by atoms with Gasteiger partial charge in [-0.3, -0.25) is 0 Å². The van der Waals surface area contributed by atoms with Crippen molar-refractivity contribution < 1.29 is 0 Å². The Morgan fingerprint density at radius 3 is 1.71 bits per heavy atom. The normalized spacial score (nSPS) is 11.4. The molecule has 0 nitrogen and oxygen atoms in total. The van der Waals surface area contributed by atoms with Crippen molar-refractivity contribution in [2.24, 2.45) is 0 Å². The van der Waals surface area contributed by atoms with Crippen molar-refractivity contribution in [3.05, 3.63) is 107 Å². The van der Waals surface area contributed by atoms with E-state index in [0.717, 1.165) is 17.5 Å². The van der Waals surface area contributed by atoms with E-state index in [1.165, 1.54) is 16.7 Å². The molecular formula is C24H22. The van der Waals surface area contributed by atoms with Crippen LogP contribution in [0.15, 0.2) is 78.9 Å². The second kappa shape index (κ2) is 7.66. The molecule has 0 heterocycles. The second-order valence-corrected chi connectivity index (χ2v) is 6.05. The van der Waals surface area contributed by atoms with Crippen LogP contribution in [0.4, 0.5) is 0 Å². The van der Waals surface area contributed by atoms with E-state index in [1.807, 2.05) is 0 Å². The first-order valence-electron chi connectivity index (χ1n) is 8.52. The highest BCUT2D eigenvalue weighted by molar-refractivity contribution is 5.45. The number of aryl methyl sites for hydroxylation is 1. The zero-order valence-electron chi connectivity index (χ0n) is 14.3. The highest BCUT2D eigenvalue weighted by Crippen LogP contribution is 2.23. The largest absolute Gasteiger partial charge is 0.0622 e. The van der Waals surface area contributed by atoms with Crippen molar-refractivity contribution >= 4 is 0 Å². The summed E-state index contributed by atoms with van der Waals surface area (Å²) in [7, 11) is 0. The molecule has 3 rings (SSSR count). The molecule has 0 saturated heterocycles. The topological polar surface area (TPSA) is 0 Å². The van der Waals surface area contributed by atoms with Crippen LogP contribution in [0.3, 0.4) is 0 Å². The highest BCUT2D eigenvalue weighted by Gasteiger charge is 2.07. The Morgan fingerprint density at radius 2 is 1.17 bits per heavy atom. The number of benzene rings is 3. The molecular weight excluding hydrogens is 288 g/mol. The Kier molecular flexibility index (Phi) is 5.14. The molecule has 0 aromatic heterocycles. The Labute approximate surface area is 145 Å². The molecule has 0 aliphatic heterocycles. The number of hydrogen-bond donors (Lipinski definition) is 0. The first kappa shape index (κ1) is 16.1. The molecule has 0 heteroatoms. The van der Waals surface area contributed by atoms with E-state index >= 15 is 0 Å². The average Bonchev–Trinajstić information content (AvgIpc) is 2.67. The molecule has 3 aromatic carbocycles. The summed E-state index contributed by atoms with van der Waals surface area (Å²) in [5.74, 6) is 6.89. The van der Waals surface area contributed by atoms with Crippen LogP contribution < -0.4 is 0 Å². The van der Waals surface area contributed by atoms with E-state index in [9.17, 15) is 0 Å². The van der Waals surface area contributed by atoms with Gasteiger partial charge in [-0.25, -0.2) is 0 Å². The van der Waals surface area contributed by atoms with Crippen molar-refractivity contribution in [2.45, 2.75) is 26.2 Å². The molecule has 0 spiro atoms. The number of hydrogen-bond acceptors (Lipinski definition) is 0. The minimum atomic E-state index is 0.398. The molecule has 0 fully saturated rings. The predicted molar refractivity (Wildman–Crippen MR) is 102 cm³/mol. The maximum atomic E-state index is 3.25. The fourth-order valence-corrected chi connectivity index (χ4v) is 2.76. The molecule has 3 aromatic rings. The average molecular weight is 310 g/mol. The van der Waals surface area contributed by atoms with Crippen molar-refractivity contribution in [2.75, 3.05) is 0 Å². The predicted octanol–water partition coefficient (Wildman–Crippen LogP) is 5.80. The summed E-state index contributed by atoms with van der Waals surface area (Å²) < 4.78 is 0. The summed E-state index contributed by atoms with van der Waals surface area (Å²) in [4.78, 5) is 0. The van der Waals surface area contributed by atoms with Crippen LogP contribution in [0.1, 0.15) is 47.6 Å². The van der Waals surface area contributed by atoms with E-state index < -0.39 is 0 Å². The van der Waals surface area contributed by atoms with Gasteiger partial charge < -0.3 is 0 Å². The third-order valence-electron chi connectivity index (χ3n) is 4.42. The molecule has 1 unspecified atom stereocenters. The molecule has 0 aliphatic carbocycles. The standard InChI is InChI=1S/C24H22/c1-3-20-9-11-21(12-10-20)13-14-22-15-17-24(18-16-22)19(2)23-7-5-4-6-8-23/h4-12,15-19H,3H2,1-2H3. The van der Waals surface area contributed by atoms with Crippen molar-refractivity contribution in [1.82, 2.24) is 0 Å². The summed E-state index contributed by atoms with van der Waals surface area (Å²) in [6, 6.07) is 27.7. The van der Waals surface area contributed by atoms with Gasteiger partial charge in [-0.15, -0.1) is 0 Å². The van der Waals surface area contributed by atoms with Gasteiger partial charge in [0.25, 0.3) is 0 Å². The highest BCUT2D eigenvalue weighted by atomic mass is 14.1. The van der Waals surface area contributed by atoms with Gasteiger partial charge in [0.1, 0.15) is 0 Å². The molecule has 1 atom stereocenters. The molecule has 118 valence electrons. The Balaban J connectivity index is 1.74. The van der Waals surface area contributed by atoms with Gasteiger partial charge in [0.05, 0.1) is 0 Å². The molecule has 0 aliphatic rings. The molecule has 0 bridgehead atoms. The van der Waals surface area contributed by atoms with Crippen LogP contribution in [0, 0.1) is 11.8 Å². The maximum absolute atomic E-state index is 3.25. The summed E-state index contributed by atoms with van der Waals surface area (Å²) in [6.45, 7) is 4.41. The Morgan fingerprint density at radius 1 is 0.667 bits per heavy atom. The second-order valence-electron chi connectivity index (χ2n) is 6.05. The van der Waals surface area contributed by atoms with Crippen molar-refractivity contribution in [3.63, 3.8) is 0 Å². The smallest absolute Gasteiger partial charge is 0.0249 e. The van der Waals surface area contributed by atoms with Crippen LogP contribution in [-0.4, -0.2) is 0 Å². The lowest BCUT2D eigenvalue weighted by molar-refractivity contribution is 0.922. The van der Waals surface area contributed by atoms with Crippen molar-refractivity contribution in [3.8, 4) is 11.8 Å². The maximum Gasteiger partial charge on any atom is 0.0249 e. The van der Waals surface area contributed by atoms with Crippen LogP contribution >= 0.6 is 0 Å². The quantitative estimate of drug-likeness (QED) is 0.536. The minimum absolute atomic E-state index is 0.398. The molecule has 0 saturated carbocycles. The number of rotatable bonds is 3. The van der Waals surface area contributed by atoms with E-state index in [4.69, 9.17) is 0 Å². The zero-order chi connectivity index (χ0) is 16.8. The van der Waals surface area contributed by atoms with Crippen LogP contribution in [-0.2, 0) is 6.42 Å². The first-order valence-corrected chi connectivity index (χ1v) is 8.52. The van der Waals surface area contributed by atoms with Gasteiger partial charge in [0.15, 0.2) is 0 Å². The van der Waals surface area contributed by atoms with E-state index in [-0.39, 0.29) is 0 Å². The molecule has 0 N–H and O–H groups in total. The summed E-state index contributed by atoms with van der Waals surface area (Å²) in [5, 5.41) is 0. The van der Waals surface area contributed by atoms with E-state index in [1.54, 1.807) is 0 Å². The van der Waals surface area contributed by atoms with E-state index in [2.05, 4.69) is 105 Å². The van der Waals surface area contributed by atoms with Crippen LogP contribution in [0.25, 0.3) is 0 Å². The summed E-state index contributed by atoms with van der Waals surface area (Å²) in [5.41, 5.74) is 6.12. The Bertz CT molecular complexity index is 829. The lowest BCUT2D eigenvalue weighted by Crippen LogP contribution is -1.95. The minimum Gasteiger partial charge on any atom is -0.0622 e. The lowest BCUT2D eigenvalue weighted by atomic mass is 9.93. The van der Waals surface area contributed by atoms with Gasteiger partial charge in [-0.2, -0.15) is 0 Å². The SMILES string of the molecule is CCc1ccc(C#Cc2ccc(C(C)c3ccccc3)cc2)cc1. The Hall–Kier alpha value is -2.78.